The fraction of sp³-hybridized carbons (Fsp3) is 0.389. The molecular formula is C18H21ClN2O2. The van der Waals surface area contributed by atoms with Crippen LogP contribution in [0.15, 0.2) is 47.1 Å². The van der Waals surface area contributed by atoms with E-state index < -0.39 is 0 Å². The van der Waals surface area contributed by atoms with E-state index in [2.05, 4.69) is 17.0 Å². The van der Waals surface area contributed by atoms with Crippen LogP contribution in [-0.4, -0.2) is 41.9 Å². The Hall–Kier alpha value is -1.78. The van der Waals surface area contributed by atoms with Crippen molar-refractivity contribution in [3.63, 3.8) is 0 Å². The molecule has 4 nitrogen and oxygen atoms in total. The van der Waals surface area contributed by atoms with Crippen LogP contribution in [0.5, 0.6) is 0 Å². The summed E-state index contributed by atoms with van der Waals surface area (Å²) in [6.45, 7) is 4.32. The van der Waals surface area contributed by atoms with Crippen molar-refractivity contribution < 1.29 is 9.21 Å². The Morgan fingerprint density at radius 1 is 1.09 bits per heavy atom. The van der Waals surface area contributed by atoms with Gasteiger partial charge in [0, 0.05) is 50.6 Å². The fourth-order valence-electron chi connectivity index (χ4n) is 2.85. The van der Waals surface area contributed by atoms with Crippen LogP contribution in [0, 0.1) is 0 Å². The number of piperazine rings is 1. The number of rotatable bonds is 5. The van der Waals surface area contributed by atoms with Gasteiger partial charge in [0.2, 0.25) is 5.91 Å². The normalized spacial score (nSPS) is 15.8. The van der Waals surface area contributed by atoms with Crippen molar-refractivity contribution in [1.29, 1.82) is 0 Å². The number of furan rings is 1. The summed E-state index contributed by atoms with van der Waals surface area (Å²) in [6, 6.07) is 11.7. The van der Waals surface area contributed by atoms with Gasteiger partial charge >= 0.3 is 0 Å². The average molecular weight is 333 g/mol. The summed E-state index contributed by atoms with van der Waals surface area (Å²) < 4.78 is 5.27. The van der Waals surface area contributed by atoms with Crippen LogP contribution in [0.4, 0.5) is 0 Å². The summed E-state index contributed by atoms with van der Waals surface area (Å²) in [4.78, 5) is 16.6. The first kappa shape index (κ1) is 16.1. The number of halogens is 1. The van der Waals surface area contributed by atoms with Crippen molar-refractivity contribution in [3.8, 4) is 0 Å². The molecule has 23 heavy (non-hydrogen) atoms. The Kier molecular flexibility index (Phi) is 5.36. The highest BCUT2D eigenvalue weighted by Crippen LogP contribution is 2.14. The number of nitrogens with zero attached hydrogens (tertiary/aromatic N) is 2. The van der Waals surface area contributed by atoms with Gasteiger partial charge in [0.1, 0.15) is 5.76 Å². The second-order valence-corrected chi connectivity index (χ2v) is 6.30. The van der Waals surface area contributed by atoms with E-state index in [1.54, 1.807) is 6.26 Å². The van der Waals surface area contributed by atoms with E-state index in [0.29, 0.717) is 12.8 Å². The van der Waals surface area contributed by atoms with Crippen LogP contribution in [-0.2, 0) is 17.8 Å². The van der Waals surface area contributed by atoms with Crippen molar-refractivity contribution in [2.75, 3.05) is 26.2 Å². The van der Waals surface area contributed by atoms with Crippen LogP contribution in [0.25, 0.3) is 0 Å². The summed E-state index contributed by atoms with van der Waals surface area (Å²) in [5.41, 5.74) is 1.26. The SMILES string of the molecule is O=C(CCc1ccco1)N1CCN(Cc2ccc(Cl)cc2)CC1. The molecule has 0 N–H and O–H groups in total. The summed E-state index contributed by atoms with van der Waals surface area (Å²) in [6.07, 6.45) is 2.84. The van der Waals surface area contributed by atoms with Gasteiger partial charge < -0.3 is 9.32 Å². The second kappa shape index (κ2) is 7.66. The summed E-state index contributed by atoms with van der Waals surface area (Å²) in [5.74, 6) is 1.09. The summed E-state index contributed by atoms with van der Waals surface area (Å²) in [5, 5.41) is 0.765. The van der Waals surface area contributed by atoms with Gasteiger partial charge in [-0.2, -0.15) is 0 Å². The number of amides is 1. The summed E-state index contributed by atoms with van der Waals surface area (Å²) >= 11 is 5.91. The van der Waals surface area contributed by atoms with Gasteiger partial charge in [0.05, 0.1) is 6.26 Å². The zero-order valence-electron chi connectivity index (χ0n) is 13.1. The topological polar surface area (TPSA) is 36.7 Å². The molecule has 0 radical (unpaired) electrons. The van der Waals surface area contributed by atoms with E-state index in [9.17, 15) is 4.79 Å². The van der Waals surface area contributed by atoms with Crippen molar-refractivity contribution in [2.24, 2.45) is 0 Å². The van der Waals surface area contributed by atoms with Crippen LogP contribution in [0.2, 0.25) is 5.02 Å². The molecule has 0 bridgehead atoms. The van der Waals surface area contributed by atoms with Gasteiger partial charge in [0.25, 0.3) is 0 Å². The lowest BCUT2D eigenvalue weighted by atomic mass is 10.2. The molecule has 1 fully saturated rings. The highest BCUT2D eigenvalue weighted by Gasteiger charge is 2.21. The Morgan fingerprint density at radius 3 is 2.48 bits per heavy atom. The highest BCUT2D eigenvalue weighted by molar-refractivity contribution is 6.30. The van der Waals surface area contributed by atoms with Crippen LogP contribution in [0.3, 0.4) is 0 Å². The van der Waals surface area contributed by atoms with Crippen molar-refractivity contribution in [1.82, 2.24) is 9.80 Å². The number of hydrogen-bond acceptors (Lipinski definition) is 3. The van der Waals surface area contributed by atoms with E-state index in [4.69, 9.17) is 16.0 Å². The molecule has 1 aliphatic rings. The third-order valence-corrected chi connectivity index (χ3v) is 4.46. The quantitative estimate of drug-likeness (QED) is 0.843. The van der Waals surface area contributed by atoms with Crippen molar-refractivity contribution in [2.45, 2.75) is 19.4 Å². The first-order chi connectivity index (χ1) is 11.2. The first-order valence-corrected chi connectivity index (χ1v) is 8.35. The average Bonchev–Trinajstić information content (AvgIpc) is 3.09. The molecular weight excluding hydrogens is 312 g/mol. The maximum absolute atomic E-state index is 12.2. The molecule has 2 aromatic rings. The molecule has 5 heteroatoms. The van der Waals surface area contributed by atoms with Gasteiger partial charge in [-0.25, -0.2) is 0 Å². The maximum atomic E-state index is 12.2. The molecule has 122 valence electrons. The Morgan fingerprint density at radius 2 is 1.83 bits per heavy atom. The van der Waals surface area contributed by atoms with Gasteiger partial charge in [-0.3, -0.25) is 9.69 Å². The Bertz CT molecular complexity index is 617. The van der Waals surface area contributed by atoms with Crippen molar-refractivity contribution in [3.05, 3.63) is 59.0 Å². The number of hydrogen-bond donors (Lipinski definition) is 0. The van der Waals surface area contributed by atoms with Gasteiger partial charge in [-0.15, -0.1) is 0 Å². The van der Waals surface area contributed by atoms with E-state index >= 15 is 0 Å². The molecule has 0 atom stereocenters. The third-order valence-electron chi connectivity index (χ3n) is 4.21. The van der Waals surface area contributed by atoms with E-state index in [0.717, 1.165) is 43.5 Å². The molecule has 0 saturated carbocycles. The molecule has 1 aromatic heterocycles. The number of aryl methyl sites for hydroxylation is 1. The molecule has 1 saturated heterocycles. The molecule has 0 spiro atoms. The zero-order valence-corrected chi connectivity index (χ0v) is 13.8. The number of carbonyl (C=O) groups is 1. The van der Waals surface area contributed by atoms with E-state index in [1.165, 1.54) is 5.56 Å². The predicted octanol–water partition coefficient (Wildman–Crippen LogP) is 3.21. The van der Waals surface area contributed by atoms with E-state index in [1.807, 2.05) is 29.2 Å². The number of carbonyl (C=O) groups excluding carboxylic acids is 1. The van der Waals surface area contributed by atoms with Crippen LogP contribution in [0.1, 0.15) is 17.7 Å². The zero-order chi connectivity index (χ0) is 16.1. The molecule has 2 heterocycles. The standard InChI is InChI=1S/C18H21ClN2O2/c19-16-5-3-15(4-6-16)14-20-9-11-21(12-10-20)18(22)8-7-17-2-1-13-23-17/h1-6,13H,7-12,14H2. The fourth-order valence-corrected chi connectivity index (χ4v) is 2.97. The van der Waals surface area contributed by atoms with Gasteiger partial charge in [0.15, 0.2) is 0 Å². The second-order valence-electron chi connectivity index (χ2n) is 5.86. The third kappa shape index (κ3) is 4.60. The Labute approximate surface area is 141 Å². The minimum absolute atomic E-state index is 0.215. The Balaban J connectivity index is 1.42. The smallest absolute Gasteiger partial charge is 0.223 e. The molecule has 3 rings (SSSR count). The maximum Gasteiger partial charge on any atom is 0.223 e. The van der Waals surface area contributed by atoms with Crippen LogP contribution < -0.4 is 0 Å². The molecule has 0 aliphatic carbocycles. The lowest BCUT2D eigenvalue weighted by molar-refractivity contribution is -0.133. The van der Waals surface area contributed by atoms with E-state index in [-0.39, 0.29) is 5.91 Å². The van der Waals surface area contributed by atoms with Gasteiger partial charge in [-0.1, -0.05) is 23.7 Å². The lowest BCUT2D eigenvalue weighted by Gasteiger charge is -2.34. The predicted molar refractivity (Wildman–Crippen MR) is 90.3 cm³/mol. The molecule has 1 aliphatic heterocycles. The highest BCUT2D eigenvalue weighted by atomic mass is 35.5. The lowest BCUT2D eigenvalue weighted by Crippen LogP contribution is -2.48. The monoisotopic (exact) mass is 332 g/mol. The van der Waals surface area contributed by atoms with Gasteiger partial charge in [-0.05, 0) is 29.8 Å². The molecule has 1 amide bonds. The minimum Gasteiger partial charge on any atom is -0.469 e. The van der Waals surface area contributed by atoms with Crippen LogP contribution >= 0.6 is 11.6 Å². The molecule has 1 aromatic carbocycles. The minimum atomic E-state index is 0.215. The number of benzene rings is 1. The first-order valence-electron chi connectivity index (χ1n) is 7.98. The van der Waals surface area contributed by atoms with Crippen molar-refractivity contribution >= 4 is 17.5 Å². The molecule has 0 unspecified atom stereocenters. The summed E-state index contributed by atoms with van der Waals surface area (Å²) in [7, 11) is 0. The largest absolute Gasteiger partial charge is 0.469 e.